The first-order valence-electron chi connectivity index (χ1n) is 10.6. The van der Waals surface area contributed by atoms with Gasteiger partial charge in [-0.2, -0.15) is 0 Å². The number of hydrogen-bond acceptors (Lipinski definition) is 6. The van der Waals surface area contributed by atoms with E-state index in [4.69, 9.17) is 6.42 Å². The minimum Gasteiger partial charge on any atom is -0.315 e. The Morgan fingerprint density at radius 1 is 1.39 bits per heavy atom. The number of nitrogens with zero attached hydrogens (tertiary/aromatic N) is 5. The van der Waals surface area contributed by atoms with E-state index < -0.39 is 11.7 Å². The lowest BCUT2D eigenvalue weighted by molar-refractivity contribution is 0.0968. The summed E-state index contributed by atoms with van der Waals surface area (Å²) in [6, 6.07) is 6.21. The van der Waals surface area contributed by atoms with E-state index in [9.17, 15) is 4.79 Å². The number of carbonyl (C=O) groups is 1. The van der Waals surface area contributed by atoms with Gasteiger partial charge >= 0.3 is 0 Å². The average Bonchev–Trinajstić information content (AvgIpc) is 3.46. The topological polar surface area (TPSA) is 75.9 Å². The van der Waals surface area contributed by atoms with Gasteiger partial charge in [0.1, 0.15) is 11.5 Å². The Bertz CT molecular complexity index is 1380. The van der Waals surface area contributed by atoms with Gasteiger partial charge in [-0.1, -0.05) is 17.2 Å². The Balaban J connectivity index is 1.59. The Morgan fingerprint density at radius 3 is 2.97 bits per heavy atom. The number of pyridine rings is 1. The first kappa shape index (κ1) is 21.2. The lowest BCUT2D eigenvalue weighted by Gasteiger charge is -2.34. The van der Waals surface area contributed by atoms with Crippen LogP contribution in [0.1, 0.15) is 28.8 Å². The second kappa shape index (κ2) is 8.73. The number of fused-ring (bicyclic) bond motifs is 1. The van der Waals surface area contributed by atoms with Crippen LogP contribution >= 0.6 is 11.3 Å². The third-order valence-electron chi connectivity index (χ3n) is 5.81. The van der Waals surface area contributed by atoms with E-state index in [0.717, 1.165) is 35.0 Å². The number of piperidine rings is 1. The Morgan fingerprint density at radius 2 is 2.27 bits per heavy atom. The van der Waals surface area contributed by atoms with Crippen LogP contribution in [0.15, 0.2) is 42.0 Å². The van der Waals surface area contributed by atoms with Gasteiger partial charge in [-0.05, 0) is 37.6 Å². The molecule has 1 aliphatic rings. The number of benzene rings is 1. The van der Waals surface area contributed by atoms with E-state index in [2.05, 4.69) is 26.5 Å². The van der Waals surface area contributed by atoms with E-state index in [1.54, 1.807) is 35.1 Å². The largest absolute Gasteiger partial charge is 0.315 e. The van der Waals surface area contributed by atoms with Crippen molar-refractivity contribution in [2.75, 3.05) is 18.0 Å². The molecule has 7 nitrogen and oxygen atoms in total. The molecule has 0 spiro atoms. The van der Waals surface area contributed by atoms with Crippen LogP contribution in [0, 0.1) is 18.2 Å². The maximum Gasteiger partial charge on any atom is 0.262 e. The third-order valence-corrected chi connectivity index (χ3v) is 6.80. The number of thiophene rings is 1. The van der Waals surface area contributed by atoms with Crippen LogP contribution in [0.4, 0.5) is 10.2 Å². The second-order valence-electron chi connectivity index (χ2n) is 7.95. The molecule has 0 radical (unpaired) electrons. The van der Waals surface area contributed by atoms with Crippen LogP contribution < -0.4 is 10.2 Å². The van der Waals surface area contributed by atoms with Gasteiger partial charge in [0.25, 0.3) is 5.91 Å². The molecular weight excluding hydrogens is 439 g/mol. The van der Waals surface area contributed by atoms with E-state index in [1.807, 2.05) is 11.4 Å². The predicted octanol–water partition coefficient (Wildman–Crippen LogP) is 3.61. The molecule has 0 unspecified atom stereocenters. The molecule has 1 atom stereocenters. The zero-order chi connectivity index (χ0) is 22.9. The Labute approximate surface area is 194 Å². The summed E-state index contributed by atoms with van der Waals surface area (Å²) in [6.45, 7) is 1.49. The molecule has 4 aromatic rings. The number of amides is 1. The van der Waals surface area contributed by atoms with Crippen molar-refractivity contribution < 1.29 is 9.18 Å². The highest BCUT2D eigenvalue weighted by Gasteiger charge is 2.32. The number of carbonyl (C=O) groups excluding carboxylic acids is 1. The molecule has 1 fully saturated rings. The molecule has 1 saturated heterocycles. The lowest BCUT2D eigenvalue weighted by Crippen LogP contribution is -2.49. The fourth-order valence-electron chi connectivity index (χ4n) is 4.18. The highest BCUT2D eigenvalue weighted by atomic mass is 32.1. The van der Waals surface area contributed by atoms with Gasteiger partial charge in [-0.3, -0.25) is 14.4 Å². The zero-order valence-electron chi connectivity index (χ0n) is 18.0. The number of anilines is 1. The smallest absolute Gasteiger partial charge is 0.262 e. The van der Waals surface area contributed by atoms with Gasteiger partial charge in [-0.25, -0.2) is 9.37 Å². The van der Waals surface area contributed by atoms with Gasteiger partial charge < -0.3 is 5.32 Å². The molecule has 0 bridgehead atoms. The van der Waals surface area contributed by atoms with Crippen molar-refractivity contribution in [1.29, 1.82) is 0 Å². The molecule has 1 aliphatic heterocycles. The summed E-state index contributed by atoms with van der Waals surface area (Å²) < 4.78 is 17.6. The number of nitrogens with one attached hydrogen (secondary N) is 1. The number of hydrogen-bond donors (Lipinski definition) is 1. The SMILES string of the molecule is C#Cc1csc2c(N(C(=O)c3ccc(-c4cn(C)nn4)cc3F)[C@@H]3CCCNC3)nccc12. The molecule has 1 N–H and O–H groups in total. The van der Waals surface area contributed by atoms with Crippen LogP contribution in [0.5, 0.6) is 0 Å². The van der Waals surface area contributed by atoms with Crippen molar-refractivity contribution in [2.24, 2.45) is 7.05 Å². The summed E-state index contributed by atoms with van der Waals surface area (Å²) in [4.78, 5) is 20.0. The molecule has 0 saturated carbocycles. The van der Waals surface area contributed by atoms with Crippen LogP contribution in [-0.2, 0) is 7.05 Å². The first-order chi connectivity index (χ1) is 16.1. The lowest BCUT2D eigenvalue weighted by atomic mass is 10.0. The number of halogens is 1. The van der Waals surface area contributed by atoms with Crippen LogP contribution in [0.3, 0.4) is 0 Å². The summed E-state index contributed by atoms with van der Waals surface area (Å²) in [6.07, 6.45) is 10.7. The van der Waals surface area contributed by atoms with Gasteiger partial charge in [0.15, 0.2) is 5.82 Å². The number of terminal acetylenes is 1. The van der Waals surface area contributed by atoms with Crippen LogP contribution in [-0.4, -0.2) is 45.0 Å². The number of rotatable bonds is 4. The fourth-order valence-corrected chi connectivity index (χ4v) is 5.17. The number of aryl methyl sites for hydroxylation is 1. The summed E-state index contributed by atoms with van der Waals surface area (Å²) in [5.41, 5.74) is 1.84. The maximum absolute atomic E-state index is 15.2. The Kier molecular flexibility index (Phi) is 5.62. The molecule has 5 rings (SSSR count). The summed E-state index contributed by atoms with van der Waals surface area (Å²) in [5.74, 6) is 2.15. The van der Waals surface area contributed by atoms with Crippen LogP contribution in [0.2, 0.25) is 0 Å². The zero-order valence-corrected chi connectivity index (χ0v) is 18.8. The van der Waals surface area contributed by atoms with Crippen molar-refractivity contribution in [2.45, 2.75) is 18.9 Å². The summed E-state index contributed by atoms with van der Waals surface area (Å²) in [7, 11) is 1.74. The van der Waals surface area contributed by atoms with E-state index in [0.29, 0.717) is 23.6 Å². The monoisotopic (exact) mass is 460 g/mol. The second-order valence-corrected chi connectivity index (χ2v) is 8.83. The first-order valence-corrected chi connectivity index (χ1v) is 11.5. The highest BCUT2D eigenvalue weighted by molar-refractivity contribution is 7.18. The van der Waals surface area contributed by atoms with E-state index >= 15 is 4.39 Å². The normalized spacial score (nSPS) is 16.0. The highest BCUT2D eigenvalue weighted by Crippen LogP contribution is 2.35. The molecule has 1 aromatic carbocycles. The van der Waals surface area contributed by atoms with Crippen molar-refractivity contribution >= 4 is 33.1 Å². The average molecular weight is 461 g/mol. The maximum atomic E-state index is 15.2. The van der Waals surface area contributed by atoms with Gasteiger partial charge in [-0.15, -0.1) is 22.9 Å². The molecular formula is C24H21FN6OS. The van der Waals surface area contributed by atoms with E-state index in [1.165, 1.54) is 23.5 Å². The summed E-state index contributed by atoms with van der Waals surface area (Å²) >= 11 is 1.45. The van der Waals surface area contributed by atoms with Crippen molar-refractivity contribution in [3.8, 4) is 23.6 Å². The molecule has 9 heteroatoms. The standard InChI is InChI=1S/C24H21FN6OS/c1-3-15-14-33-22-18(15)8-10-27-23(22)31(17-5-4-9-26-12-17)24(32)19-7-6-16(11-20(19)25)21-13-30(2)29-28-21/h1,6-8,10-11,13-14,17,26H,4-5,9,12H2,2H3/t17-/m1/s1. The van der Waals surface area contributed by atoms with Crippen molar-refractivity contribution in [3.63, 3.8) is 0 Å². The molecule has 1 amide bonds. The van der Waals surface area contributed by atoms with Gasteiger partial charge in [0, 0.05) is 41.7 Å². The van der Waals surface area contributed by atoms with E-state index in [-0.39, 0.29) is 11.6 Å². The predicted molar refractivity (Wildman–Crippen MR) is 127 cm³/mol. The van der Waals surface area contributed by atoms with Crippen LogP contribution in [0.25, 0.3) is 21.3 Å². The minimum absolute atomic E-state index is 0.0132. The minimum atomic E-state index is -0.611. The fraction of sp³-hybridized carbons (Fsp3) is 0.250. The van der Waals surface area contributed by atoms with Gasteiger partial charge in [0.2, 0.25) is 0 Å². The van der Waals surface area contributed by atoms with Crippen molar-refractivity contribution in [3.05, 3.63) is 59.0 Å². The molecule has 166 valence electrons. The molecule has 33 heavy (non-hydrogen) atoms. The molecule has 3 aromatic heterocycles. The molecule has 0 aliphatic carbocycles. The quantitative estimate of drug-likeness (QED) is 0.471. The number of aromatic nitrogens is 4. The molecule has 4 heterocycles. The Hall–Kier alpha value is -3.61. The third kappa shape index (κ3) is 3.88. The summed E-state index contributed by atoms with van der Waals surface area (Å²) in [5, 5.41) is 14.0. The van der Waals surface area contributed by atoms with Crippen molar-refractivity contribution in [1.82, 2.24) is 25.3 Å². The van der Waals surface area contributed by atoms with Gasteiger partial charge in [0.05, 0.1) is 22.5 Å².